The molecule has 2 rings (SSSR count). The van der Waals surface area contributed by atoms with E-state index in [1.807, 2.05) is 11.9 Å². The number of sulfonamides is 1. The van der Waals surface area contributed by atoms with Gasteiger partial charge in [0.25, 0.3) is 0 Å². The van der Waals surface area contributed by atoms with Gasteiger partial charge in [0.15, 0.2) is 5.96 Å². The number of aliphatic imine (C=N–C) groups is 1. The highest BCUT2D eigenvalue weighted by Crippen LogP contribution is 2.18. The first-order valence-corrected chi connectivity index (χ1v) is 10.9. The van der Waals surface area contributed by atoms with Crippen LogP contribution in [0.25, 0.3) is 0 Å². The number of halogens is 1. The van der Waals surface area contributed by atoms with Crippen LogP contribution in [0.1, 0.15) is 12.8 Å². The van der Waals surface area contributed by atoms with Crippen molar-refractivity contribution < 1.29 is 17.5 Å². The Morgan fingerprint density at radius 1 is 1.33 bits per heavy atom. The van der Waals surface area contributed by atoms with Gasteiger partial charge in [0, 0.05) is 33.7 Å². The number of nitrogens with one attached hydrogen (secondary N) is 1. The second-order valence-electron chi connectivity index (χ2n) is 6.76. The quantitative estimate of drug-likeness (QED) is 0.553. The summed E-state index contributed by atoms with van der Waals surface area (Å²) in [5, 5.41) is 3.35. The van der Waals surface area contributed by atoms with Gasteiger partial charge in [-0.25, -0.2) is 17.1 Å². The smallest absolute Gasteiger partial charge is 0.211 e. The maximum atomic E-state index is 12.9. The number of hydrogen-bond donors (Lipinski definition) is 1. The Hall–Kier alpha value is -1.87. The van der Waals surface area contributed by atoms with Crippen LogP contribution in [-0.4, -0.2) is 76.7 Å². The van der Waals surface area contributed by atoms with E-state index in [1.165, 1.54) is 22.7 Å². The molecule has 1 aliphatic rings. The van der Waals surface area contributed by atoms with Gasteiger partial charge < -0.3 is 15.0 Å². The fourth-order valence-corrected chi connectivity index (χ4v) is 3.88. The Morgan fingerprint density at radius 3 is 2.52 bits per heavy atom. The first-order chi connectivity index (χ1) is 12.8. The molecule has 9 heteroatoms. The Balaban J connectivity index is 1.71. The molecule has 0 aliphatic carbocycles. The standard InChI is InChI=1S/C18H29FN4O3S/c1-20-18(21-14-15-8-10-23(11-9-15)27(3,24)25)22(2)12-13-26-17-6-4-16(19)5-7-17/h4-7,15H,8-14H2,1-3H3,(H,20,21). The van der Waals surface area contributed by atoms with Gasteiger partial charge in [-0.2, -0.15) is 0 Å². The molecule has 27 heavy (non-hydrogen) atoms. The summed E-state index contributed by atoms with van der Waals surface area (Å²) in [6, 6.07) is 5.94. The first kappa shape index (κ1) is 21.4. The monoisotopic (exact) mass is 400 g/mol. The van der Waals surface area contributed by atoms with Crippen molar-refractivity contribution in [3.8, 4) is 5.75 Å². The topological polar surface area (TPSA) is 74.2 Å². The molecular formula is C18H29FN4O3S. The average molecular weight is 401 g/mol. The molecule has 0 atom stereocenters. The first-order valence-electron chi connectivity index (χ1n) is 9.05. The number of guanidine groups is 1. The van der Waals surface area contributed by atoms with Gasteiger partial charge in [0.1, 0.15) is 18.2 Å². The summed E-state index contributed by atoms with van der Waals surface area (Å²) in [6.45, 7) is 2.99. The minimum Gasteiger partial charge on any atom is -0.492 e. The number of benzene rings is 1. The molecule has 0 bridgehead atoms. The third-order valence-corrected chi connectivity index (χ3v) is 5.98. The van der Waals surface area contributed by atoms with Crippen LogP contribution in [0.3, 0.4) is 0 Å². The van der Waals surface area contributed by atoms with Crippen LogP contribution in [0.2, 0.25) is 0 Å². The van der Waals surface area contributed by atoms with Crippen molar-refractivity contribution >= 4 is 16.0 Å². The van der Waals surface area contributed by atoms with Gasteiger partial charge in [-0.05, 0) is 43.0 Å². The number of piperidine rings is 1. The van der Waals surface area contributed by atoms with E-state index in [0.717, 1.165) is 25.3 Å². The number of hydrogen-bond acceptors (Lipinski definition) is 4. The van der Waals surface area contributed by atoms with Gasteiger partial charge in [0.2, 0.25) is 10.0 Å². The molecule has 0 radical (unpaired) electrons. The van der Waals surface area contributed by atoms with E-state index in [9.17, 15) is 12.8 Å². The van der Waals surface area contributed by atoms with E-state index >= 15 is 0 Å². The Kier molecular flexibility index (Phi) is 7.85. The van der Waals surface area contributed by atoms with Gasteiger partial charge in [-0.3, -0.25) is 4.99 Å². The minimum atomic E-state index is -3.09. The molecule has 7 nitrogen and oxygen atoms in total. The van der Waals surface area contributed by atoms with Crippen molar-refractivity contribution in [1.29, 1.82) is 0 Å². The van der Waals surface area contributed by atoms with E-state index in [-0.39, 0.29) is 5.82 Å². The van der Waals surface area contributed by atoms with Crippen LogP contribution in [0.4, 0.5) is 4.39 Å². The summed E-state index contributed by atoms with van der Waals surface area (Å²) >= 11 is 0. The zero-order valence-corrected chi connectivity index (χ0v) is 17.0. The Morgan fingerprint density at radius 2 is 1.96 bits per heavy atom. The molecule has 1 N–H and O–H groups in total. The lowest BCUT2D eigenvalue weighted by Crippen LogP contribution is -2.45. The van der Waals surface area contributed by atoms with Crippen molar-refractivity contribution in [3.05, 3.63) is 30.1 Å². The highest BCUT2D eigenvalue weighted by atomic mass is 32.2. The third-order valence-electron chi connectivity index (χ3n) is 4.67. The summed E-state index contributed by atoms with van der Waals surface area (Å²) in [4.78, 5) is 6.25. The minimum absolute atomic E-state index is 0.286. The normalized spacial score (nSPS) is 17.0. The summed E-state index contributed by atoms with van der Waals surface area (Å²) in [5.41, 5.74) is 0. The lowest BCUT2D eigenvalue weighted by Gasteiger charge is -2.31. The third kappa shape index (κ3) is 6.99. The van der Waals surface area contributed by atoms with Gasteiger partial charge in [-0.1, -0.05) is 0 Å². The molecule has 1 heterocycles. The van der Waals surface area contributed by atoms with E-state index in [0.29, 0.717) is 37.9 Å². The van der Waals surface area contributed by atoms with Gasteiger partial charge in [0.05, 0.1) is 12.8 Å². The molecule has 0 amide bonds. The summed E-state index contributed by atoms with van der Waals surface area (Å²) in [5.74, 6) is 1.53. The van der Waals surface area contributed by atoms with E-state index in [1.54, 1.807) is 19.2 Å². The fraction of sp³-hybridized carbons (Fsp3) is 0.611. The lowest BCUT2D eigenvalue weighted by atomic mass is 9.98. The number of nitrogens with zero attached hydrogens (tertiary/aromatic N) is 3. The maximum absolute atomic E-state index is 12.9. The van der Waals surface area contributed by atoms with Crippen molar-refractivity contribution in [1.82, 2.24) is 14.5 Å². The molecule has 0 spiro atoms. The molecule has 1 aromatic carbocycles. The van der Waals surface area contributed by atoms with E-state index in [4.69, 9.17) is 4.74 Å². The van der Waals surface area contributed by atoms with Crippen molar-refractivity contribution in [2.45, 2.75) is 12.8 Å². The van der Waals surface area contributed by atoms with Crippen molar-refractivity contribution in [3.63, 3.8) is 0 Å². The molecule has 1 fully saturated rings. The summed E-state index contributed by atoms with van der Waals surface area (Å²) in [7, 11) is 0.566. The molecule has 152 valence electrons. The highest BCUT2D eigenvalue weighted by molar-refractivity contribution is 7.88. The second-order valence-corrected chi connectivity index (χ2v) is 8.74. The lowest BCUT2D eigenvalue weighted by molar-refractivity contribution is 0.267. The fourth-order valence-electron chi connectivity index (χ4n) is 3.00. The van der Waals surface area contributed by atoms with Crippen LogP contribution >= 0.6 is 0 Å². The zero-order chi connectivity index (χ0) is 19.9. The van der Waals surface area contributed by atoms with E-state index in [2.05, 4.69) is 10.3 Å². The molecule has 0 aromatic heterocycles. The van der Waals surface area contributed by atoms with Crippen LogP contribution in [0, 0.1) is 11.7 Å². The average Bonchev–Trinajstić information content (AvgIpc) is 2.63. The number of likely N-dealkylation sites (N-methyl/N-ethyl adjacent to an activating group) is 1. The van der Waals surface area contributed by atoms with Gasteiger partial charge in [-0.15, -0.1) is 0 Å². The molecule has 0 saturated carbocycles. The number of ether oxygens (including phenoxy) is 1. The second kappa shape index (κ2) is 9.89. The predicted octanol–water partition coefficient (Wildman–Crippen LogP) is 1.38. The Labute approximate surface area is 161 Å². The Bertz CT molecular complexity index is 717. The SMILES string of the molecule is CN=C(NCC1CCN(S(C)(=O)=O)CC1)N(C)CCOc1ccc(F)cc1. The van der Waals surface area contributed by atoms with Crippen molar-refractivity contribution in [2.24, 2.45) is 10.9 Å². The molecule has 0 unspecified atom stereocenters. The van der Waals surface area contributed by atoms with Gasteiger partial charge >= 0.3 is 0 Å². The van der Waals surface area contributed by atoms with Crippen LogP contribution in [0.15, 0.2) is 29.3 Å². The van der Waals surface area contributed by atoms with Crippen LogP contribution < -0.4 is 10.1 Å². The zero-order valence-electron chi connectivity index (χ0n) is 16.2. The maximum Gasteiger partial charge on any atom is 0.211 e. The highest BCUT2D eigenvalue weighted by Gasteiger charge is 2.25. The molecule has 1 aliphatic heterocycles. The summed E-state index contributed by atoms with van der Waals surface area (Å²) < 4.78 is 43.2. The van der Waals surface area contributed by atoms with Crippen molar-refractivity contribution in [2.75, 3.05) is 53.1 Å². The predicted molar refractivity (Wildman–Crippen MR) is 105 cm³/mol. The van der Waals surface area contributed by atoms with E-state index < -0.39 is 10.0 Å². The van der Waals surface area contributed by atoms with Crippen LogP contribution in [0.5, 0.6) is 5.75 Å². The largest absolute Gasteiger partial charge is 0.492 e. The summed E-state index contributed by atoms with van der Waals surface area (Å²) in [6.07, 6.45) is 2.94. The molecule has 1 aromatic rings. The number of rotatable bonds is 7. The molecular weight excluding hydrogens is 371 g/mol. The van der Waals surface area contributed by atoms with Crippen LogP contribution in [-0.2, 0) is 10.0 Å². The molecule has 1 saturated heterocycles.